The summed E-state index contributed by atoms with van der Waals surface area (Å²) in [5.74, 6) is 1.78. The Balaban J connectivity index is 2.19. The van der Waals surface area contributed by atoms with Gasteiger partial charge >= 0.3 is 0 Å². The fraction of sp³-hybridized carbons (Fsp3) is 0.379. The third kappa shape index (κ3) is 5.27. The van der Waals surface area contributed by atoms with Gasteiger partial charge in [0.25, 0.3) is 0 Å². The van der Waals surface area contributed by atoms with Crippen molar-refractivity contribution in [3.63, 3.8) is 0 Å². The van der Waals surface area contributed by atoms with Crippen molar-refractivity contribution in [2.75, 3.05) is 50.2 Å². The van der Waals surface area contributed by atoms with Gasteiger partial charge in [0.2, 0.25) is 0 Å². The molecule has 4 nitrogen and oxygen atoms in total. The molecule has 0 unspecified atom stereocenters. The molecule has 3 rings (SSSR count). The molecule has 176 valence electrons. The van der Waals surface area contributed by atoms with Crippen LogP contribution in [-0.4, -0.2) is 40.4 Å². The lowest BCUT2D eigenvalue weighted by Crippen LogP contribution is -2.22. The first kappa shape index (κ1) is 24.5. The molecule has 0 bridgehead atoms. The predicted molar refractivity (Wildman–Crippen MR) is 140 cm³/mol. The minimum absolute atomic E-state index is 0.00685. The molecule has 0 fully saturated rings. The number of nitrogens with zero attached hydrogens (tertiary/aromatic N) is 2. The van der Waals surface area contributed by atoms with Crippen LogP contribution in [0.2, 0.25) is 0 Å². The van der Waals surface area contributed by atoms with Crippen molar-refractivity contribution in [3.05, 3.63) is 83.4 Å². The van der Waals surface area contributed by atoms with E-state index in [2.05, 4.69) is 104 Å². The monoisotopic (exact) mass is 446 g/mol. The van der Waals surface area contributed by atoms with E-state index < -0.39 is 0 Å². The van der Waals surface area contributed by atoms with Gasteiger partial charge < -0.3 is 19.3 Å². The molecule has 0 heterocycles. The number of hydrogen-bond donors (Lipinski definition) is 0. The topological polar surface area (TPSA) is 24.9 Å². The highest BCUT2D eigenvalue weighted by Crippen LogP contribution is 2.43. The van der Waals surface area contributed by atoms with Crippen LogP contribution in [0.3, 0.4) is 0 Å². The van der Waals surface area contributed by atoms with E-state index in [-0.39, 0.29) is 5.92 Å². The summed E-state index contributed by atoms with van der Waals surface area (Å²) < 4.78 is 11.9. The van der Waals surface area contributed by atoms with E-state index in [0.717, 1.165) is 48.8 Å². The summed E-state index contributed by atoms with van der Waals surface area (Å²) in [6.45, 7) is 12.6. The maximum Gasteiger partial charge on any atom is 0.125 e. The van der Waals surface area contributed by atoms with E-state index in [9.17, 15) is 0 Å². The summed E-state index contributed by atoms with van der Waals surface area (Å²) in [5.41, 5.74) is 5.83. The number of methoxy groups -OCH3 is 2. The molecule has 3 aromatic carbocycles. The molecule has 0 radical (unpaired) electrons. The van der Waals surface area contributed by atoms with Crippen molar-refractivity contribution in [3.8, 4) is 11.5 Å². The summed E-state index contributed by atoms with van der Waals surface area (Å²) >= 11 is 0. The van der Waals surface area contributed by atoms with Crippen LogP contribution in [0.15, 0.2) is 66.7 Å². The van der Waals surface area contributed by atoms with Crippen LogP contribution in [0.25, 0.3) is 0 Å². The quantitative estimate of drug-likeness (QED) is 0.311. The number of benzene rings is 3. The molecule has 0 saturated heterocycles. The van der Waals surface area contributed by atoms with E-state index in [1.165, 1.54) is 16.9 Å². The highest BCUT2D eigenvalue weighted by Gasteiger charge is 2.25. The minimum atomic E-state index is -0.00685. The second kappa shape index (κ2) is 11.6. The van der Waals surface area contributed by atoms with Crippen molar-refractivity contribution in [2.45, 2.75) is 33.6 Å². The summed E-state index contributed by atoms with van der Waals surface area (Å²) in [6.07, 6.45) is 0. The van der Waals surface area contributed by atoms with E-state index in [0.29, 0.717) is 0 Å². The molecule has 0 aliphatic heterocycles. The predicted octanol–water partition coefficient (Wildman–Crippen LogP) is 6.58. The molecule has 0 atom stereocenters. The molecule has 0 saturated carbocycles. The number of anilines is 2. The van der Waals surface area contributed by atoms with Crippen LogP contribution in [0.5, 0.6) is 11.5 Å². The molecule has 0 spiro atoms. The van der Waals surface area contributed by atoms with Gasteiger partial charge in [-0.1, -0.05) is 42.5 Å². The first-order chi connectivity index (χ1) is 16.1. The van der Waals surface area contributed by atoms with Gasteiger partial charge in [0.1, 0.15) is 11.5 Å². The van der Waals surface area contributed by atoms with Crippen molar-refractivity contribution in [1.82, 2.24) is 0 Å². The zero-order chi connectivity index (χ0) is 23.8. The molecule has 33 heavy (non-hydrogen) atoms. The molecular weight excluding hydrogens is 408 g/mol. The zero-order valence-electron chi connectivity index (χ0n) is 21.0. The fourth-order valence-electron chi connectivity index (χ4n) is 4.62. The second-order valence-corrected chi connectivity index (χ2v) is 8.04. The van der Waals surface area contributed by atoms with Gasteiger partial charge in [-0.15, -0.1) is 0 Å². The van der Waals surface area contributed by atoms with Crippen LogP contribution < -0.4 is 19.3 Å². The van der Waals surface area contributed by atoms with Crippen LogP contribution in [0.1, 0.15) is 50.3 Å². The first-order valence-electron chi connectivity index (χ1n) is 12.0. The van der Waals surface area contributed by atoms with E-state index in [1.807, 2.05) is 0 Å². The molecule has 0 aromatic heterocycles. The third-order valence-corrected chi connectivity index (χ3v) is 6.45. The second-order valence-electron chi connectivity index (χ2n) is 8.04. The molecule has 0 aliphatic carbocycles. The maximum absolute atomic E-state index is 5.94. The van der Waals surface area contributed by atoms with Crippen molar-refractivity contribution >= 4 is 11.4 Å². The Kier molecular flexibility index (Phi) is 8.65. The van der Waals surface area contributed by atoms with Gasteiger partial charge in [-0.3, -0.25) is 0 Å². The molecule has 3 aromatic rings. The van der Waals surface area contributed by atoms with Crippen LogP contribution in [-0.2, 0) is 0 Å². The zero-order valence-corrected chi connectivity index (χ0v) is 21.0. The Morgan fingerprint density at radius 2 is 1.03 bits per heavy atom. The van der Waals surface area contributed by atoms with Gasteiger partial charge in [-0.2, -0.15) is 0 Å². The Labute approximate surface area is 199 Å². The summed E-state index contributed by atoms with van der Waals surface area (Å²) in [5, 5.41) is 0. The molecular formula is C29H38N2O2. The molecule has 0 amide bonds. The standard InChI is InChI=1S/C29H38N2O2/c1-7-30(8-2)23-16-18-25(27(20-23)32-5)29(22-14-12-11-13-15-22)26-19-17-24(21-28(26)33-6)31(9-3)10-4/h11-21,29H,7-10H2,1-6H3. The van der Waals surface area contributed by atoms with Gasteiger partial charge in [-0.25, -0.2) is 0 Å². The van der Waals surface area contributed by atoms with Gasteiger partial charge in [0.15, 0.2) is 0 Å². The first-order valence-corrected chi connectivity index (χ1v) is 12.0. The fourth-order valence-corrected chi connectivity index (χ4v) is 4.62. The largest absolute Gasteiger partial charge is 0.496 e. The average Bonchev–Trinajstić information content (AvgIpc) is 2.87. The number of ether oxygens (including phenoxy) is 2. The van der Waals surface area contributed by atoms with Gasteiger partial charge in [0, 0.05) is 66.7 Å². The SMILES string of the molecule is CCN(CC)c1ccc(C(c2ccccc2)c2ccc(N(CC)CC)cc2OC)c(OC)c1. The van der Waals surface area contributed by atoms with Gasteiger partial charge in [0.05, 0.1) is 14.2 Å². The minimum Gasteiger partial charge on any atom is -0.496 e. The van der Waals surface area contributed by atoms with Crippen molar-refractivity contribution in [1.29, 1.82) is 0 Å². The lowest BCUT2D eigenvalue weighted by Gasteiger charge is -2.27. The molecule has 4 heteroatoms. The van der Waals surface area contributed by atoms with Crippen LogP contribution in [0, 0.1) is 0 Å². The smallest absolute Gasteiger partial charge is 0.125 e. The Morgan fingerprint density at radius 1 is 0.606 bits per heavy atom. The Morgan fingerprint density at radius 3 is 1.39 bits per heavy atom. The lowest BCUT2D eigenvalue weighted by atomic mass is 9.83. The molecule has 0 aliphatic rings. The third-order valence-electron chi connectivity index (χ3n) is 6.45. The lowest BCUT2D eigenvalue weighted by molar-refractivity contribution is 0.402. The van der Waals surface area contributed by atoms with Gasteiger partial charge in [-0.05, 0) is 45.4 Å². The van der Waals surface area contributed by atoms with E-state index >= 15 is 0 Å². The average molecular weight is 447 g/mol. The Hall–Kier alpha value is -3.14. The Bertz CT molecular complexity index is 948. The summed E-state index contributed by atoms with van der Waals surface area (Å²) in [7, 11) is 3.52. The van der Waals surface area contributed by atoms with Crippen LogP contribution >= 0.6 is 0 Å². The van der Waals surface area contributed by atoms with E-state index in [1.54, 1.807) is 14.2 Å². The highest BCUT2D eigenvalue weighted by atomic mass is 16.5. The number of hydrogen-bond acceptors (Lipinski definition) is 4. The summed E-state index contributed by atoms with van der Waals surface area (Å²) in [4.78, 5) is 4.67. The van der Waals surface area contributed by atoms with E-state index in [4.69, 9.17) is 9.47 Å². The highest BCUT2D eigenvalue weighted by molar-refractivity contribution is 5.62. The maximum atomic E-state index is 5.94. The van der Waals surface area contributed by atoms with Crippen molar-refractivity contribution < 1.29 is 9.47 Å². The molecule has 0 N–H and O–H groups in total. The van der Waals surface area contributed by atoms with Crippen LogP contribution in [0.4, 0.5) is 11.4 Å². The summed E-state index contributed by atoms with van der Waals surface area (Å²) in [6, 6.07) is 23.8. The normalized spacial score (nSPS) is 10.9. The van der Waals surface area contributed by atoms with Crippen molar-refractivity contribution in [2.24, 2.45) is 0 Å². The number of rotatable bonds is 11.